The third-order valence-corrected chi connectivity index (χ3v) is 3.45. The maximum absolute atomic E-state index is 11.1. The smallest absolute Gasteiger partial charge is 0.283 e. The van der Waals surface area contributed by atoms with Crippen LogP contribution in [0.5, 0.6) is 0 Å². The SMILES string of the molecule is CN(C(=O)S)c1nsc2cccc(Cl)c12. The van der Waals surface area contributed by atoms with Gasteiger partial charge in [0.2, 0.25) is 0 Å². The zero-order valence-corrected chi connectivity index (χ0v) is 10.2. The predicted octanol–water partition coefficient (Wildman–Crippen LogP) is 3.44. The van der Waals surface area contributed by atoms with Crippen LogP contribution in [0, 0.1) is 0 Å². The highest BCUT2D eigenvalue weighted by atomic mass is 35.5. The molecule has 0 N–H and O–H groups in total. The normalized spacial score (nSPS) is 10.6. The topological polar surface area (TPSA) is 33.2 Å². The van der Waals surface area contributed by atoms with Crippen LogP contribution in [0.3, 0.4) is 0 Å². The Hall–Kier alpha value is -0.780. The number of hydrogen-bond donors (Lipinski definition) is 1. The largest absolute Gasteiger partial charge is 0.289 e. The fourth-order valence-electron chi connectivity index (χ4n) is 1.26. The van der Waals surface area contributed by atoms with Gasteiger partial charge in [0.15, 0.2) is 5.82 Å². The molecule has 6 heteroatoms. The van der Waals surface area contributed by atoms with E-state index >= 15 is 0 Å². The molecule has 3 nitrogen and oxygen atoms in total. The average molecular weight is 259 g/mol. The van der Waals surface area contributed by atoms with Gasteiger partial charge in [-0.15, -0.1) is 0 Å². The molecule has 1 aromatic carbocycles. The van der Waals surface area contributed by atoms with Gasteiger partial charge in [0.1, 0.15) is 0 Å². The van der Waals surface area contributed by atoms with Crippen molar-refractivity contribution in [2.24, 2.45) is 0 Å². The first-order valence-corrected chi connectivity index (χ1v) is 5.71. The fourth-order valence-corrected chi connectivity index (χ4v) is 2.50. The van der Waals surface area contributed by atoms with E-state index in [1.807, 2.05) is 12.1 Å². The van der Waals surface area contributed by atoms with Crippen LogP contribution in [-0.4, -0.2) is 16.7 Å². The molecule has 0 atom stereocenters. The quantitative estimate of drug-likeness (QED) is 0.795. The number of carbonyl (C=O) groups is 1. The van der Waals surface area contributed by atoms with E-state index in [-0.39, 0.29) is 5.24 Å². The lowest BCUT2D eigenvalue weighted by Crippen LogP contribution is -2.20. The van der Waals surface area contributed by atoms with Gasteiger partial charge in [0.25, 0.3) is 5.24 Å². The highest BCUT2D eigenvalue weighted by Gasteiger charge is 2.16. The Balaban J connectivity index is 2.67. The Morgan fingerprint density at radius 3 is 3.00 bits per heavy atom. The highest BCUT2D eigenvalue weighted by Crippen LogP contribution is 2.34. The van der Waals surface area contributed by atoms with Crippen LogP contribution in [0.2, 0.25) is 5.02 Å². The van der Waals surface area contributed by atoms with E-state index < -0.39 is 0 Å². The molecule has 2 aromatic rings. The van der Waals surface area contributed by atoms with Gasteiger partial charge in [-0.05, 0) is 23.7 Å². The number of carbonyl (C=O) groups excluding carboxylic acids is 1. The van der Waals surface area contributed by atoms with Crippen LogP contribution in [-0.2, 0) is 0 Å². The summed E-state index contributed by atoms with van der Waals surface area (Å²) in [6.45, 7) is 0. The number of hydrogen-bond acceptors (Lipinski definition) is 3. The van der Waals surface area contributed by atoms with E-state index in [9.17, 15) is 4.79 Å². The van der Waals surface area contributed by atoms with Gasteiger partial charge in [-0.25, -0.2) is 0 Å². The summed E-state index contributed by atoms with van der Waals surface area (Å²) in [5.41, 5.74) is 0. The number of fused-ring (bicyclic) bond motifs is 1. The van der Waals surface area contributed by atoms with E-state index in [1.165, 1.54) is 16.4 Å². The van der Waals surface area contributed by atoms with Gasteiger partial charge in [0, 0.05) is 7.05 Å². The number of rotatable bonds is 1. The molecule has 0 aliphatic rings. The summed E-state index contributed by atoms with van der Waals surface area (Å²) in [7, 11) is 1.62. The second-order valence-corrected chi connectivity index (χ2v) is 4.56. The second kappa shape index (κ2) is 4.00. The highest BCUT2D eigenvalue weighted by molar-refractivity contribution is 7.96. The number of aromatic nitrogens is 1. The van der Waals surface area contributed by atoms with Crippen LogP contribution in [0.25, 0.3) is 10.1 Å². The third kappa shape index (κ3) is 1.82. The van der Waals surface area contributed by atoms with E-state index in [2.05, 4.69) is 17.0 Å². The van der Waals surface area contributed by atoms with Gasteiger partial charge in [-0.2, -0.15) is 4.37 Å². The summed E-state index contributed by atoms with van der Waals surface area (Å²) >= 11 is 11.1. The molecule has 78 valence electrons. The number of halogens is 1. The average Bonchev–Trinajstić information content (AvgIpc) is 2.61. The number of anilines is 1. The fraction of sp³-hybridized carbons (Fsp3) is 0.111. The van der Waals surface area contributed by atoms with Crippen LogP contribution in [0.15, 0.2) is 18.2 Å². The Bertz CT molecular complexity index is 526. The summed E-state index contributed by atoms with van der Waals surface area (Å²) < 4.78 is 5.15. The lowest BCUT2D eigenvalue weighted by Gasteiger charge is -2.11. The lowest BCUT2D eigenvalue weighted by molar-refractivity contribution is 0.266. The molecule has 1 aromatic heterocycles. The molecule has 0 saturated heterocycles. The van der Waals surface area contributed by atoms with E-state index in [0.717, 1.165) is 10.1 Å². The van der Waals surface area contributed by atoms with Gasteiger partial charge in [-0.3, -0.25) is 9.69 Å². The Labute approximate surface area is 101 Å². The van der Waals surface area contributed by atoms with E-state index in [0.29, 0.717) is 10.8 Å². The maximum atomic E-state index is 11.1. The molecular weight excluding hydrogens is 252 g/mol. The molecule has 0 aliphatic carbocycles. The molecule has 2 rings (SSSR count). The van der Waals surface area contributed by atoms with Crippen molar-refractivity contribution < 1.29 is 4.79 Å². The summed E-state index contributed by atoms with van der Waals surface area (Å²) in [6, 6.07) is 5.55. The molecule has 0 saturated carbocycles. The first-order chi connectivity index (χ1) is 7.11. The minimum absolute atomic E-state index is 0.359. The van der Waals surface area contributed by atoms with Crippen LogP contribution >= 0.6 is 35.8 Å². The van der Waals surface area contributed by atoms with Crippen molar-refractivity contribution >= 4 is 56.9 Å². The van der Waals surface area contributed by atoms with Gasteiger partial charge < -0.3 is 0 Å². The molecule has 0 bridgehead atoms. The number of benzene rings is 1. The number of thiol groups is 1. The molecule has 1 amide bonds. The minimum Gasteiger partial charge on any atom is -0.289 e. The predicted molar refractivity (Wildman–Crippen MR) is 67.4 cm³/mol. The lowest BCUT2D eigenvalue weighted by atomic mass is 10.2. The molecule has 15 heavy (non-hydrogen) atoms. The molecule has 0 fully saturated rings. The zero-order chi connectivity index (χ0) is 11.0. The van der Waals surface area contributed by atoms with Crippen molar-refractivity contribution in [3.05, 3.63) is 23.2 Å². The maximum Gasteiger partial charge on any atom is 0.283 e. The van der Waals surface area contributed by atoms with Crippen molar-refractivity contribution in [1.82, 2.24) is 4.37 Å². The van der Waals surface area contributed by atoms with Crippen molar-refractivity contribution in [1.29, 1.82) is 0 Å². The molecule has 0 spiro atoms. The Kier molecular flexibility index (Phi) is 2.86. The van der Waals surface area contributed by atoms with Crippen LogP contribution < -0.4 is 4.90 Å². The molecule has 0 aliphatic heterocycles. The third-order valence-electron chi connectivity index (χ3n) is 2.03. The first-order valence-electron chi connectivity index (χ1n) is 4.12. The van der Waals surface area contributed by atoms with Crippen LogP contribution in [0.1, 0.15) is 0 Å². The van der Waals surface area contributed by atoms with E-state index in [1.54, 1.807) is 13.1 Å². The summed E-state index contributed by atoms with van der Waals surface area (Å²) in [5, 5.41) is 1.04. The van der Waals surface area contributed by atoms with Crippen molar-refractivity contribution in [3.8, 4) is 0 Å². The standard InChI is InChI=1S/C9H7ClN2OS2/c1-12(9(13)14)8-7-5(10)3-2-4-6(7)15-11-8/h2-4H,1H3,(H,13,14). The van der Waals surface area contributed by atoms with Crippen molar-refractivity contribution in [2.75, 3.05) is 11.9 Å². The molecular formula is C9H7ClN2OS2. The van der Waals surface area contributed by atoms with Gasteiger partial charge in [-0.1, -0.05) is 30.3 Å². The van der Waals surface area contributed by atoms with Gasteiger partial charge >= 0.3 is 0 Å². The second-order valence-electron chi connectivity index (χ2n) is 2.96. The number of amides is 1. The van der Waals surface area contributed by atoms with Crippen molar-refractivity contribution in [3.63, 3.8) is 0 Å². The van der Waals surface area contributed by atoms with Crippen LogP contribution in [0.4, 0.5) is 10.6 Å². The monoisotopic (exact) mass is 258 g/mol. The summed E-state index contributed by atoms with van der Waals surface area (Å²) in [4.78, 5) is 12.5. The van der Waals surface area contributed by atoms with E-state index in [4.69, 9.17) is 11.6 Å². The molecule has 0 radical (unpaired) electrons. The zero-order valence-electron chi connectivity index (χ0n) is 7.77. The van der Waals surface area contributed by atoms with Gasteiger partial charge in [0.05, 0.1) is 15.1 Å². The molecule has 0 unspecified atom stereocenters. The summed E-state index contributed by atoms with van der Waals surface area (Å²) in [6.07, 6.45) is 0. The minimum atomic E-state index is -0.359. The Morgan fingerprint density at radius 1 is 1.60 bits per heavy atom. The first kappa shape index (κ1) is 10.7. The summed E-state index contributed by atoms with van der Waals surface area (Å²) in [5.74, 6) is 0.556. The number of nitrogens with zero attached hydrogens (tertiary/aromatic N) is 2. The molecule has 1 heterocycles. The Morgan fingerprint density at radius 2 is 2.33 bits per heavy atom. The van der Waals surface area contributed by atoms with Crippen molar-refractivity contribution in [2.45, 2.75) is 0 Å².